The molecule has 7 heteroatoms. The van der Waals surface area contributed by atoms with Crippen LogP contribution in [0, 0.1) is 17.6 Å². The van der Waals surface area contributed by atoms with E-state index in [9.17, 15) is 18.4 Å². The molecule has 0 radical (unpaired) electrons. The van der Waals surface area contributed by atoms with Crippen molar-refractivity contribution in [3.05, 3.63) is 29.8 Å². The molecule has 1 aromatic carbocycles. The van der Waals surface area contributed by atoms with Crippen LogP contribution < -0.4 is 4.90 Å². The van der Waals surface area contributed by atoms with Crippen LogP contribution >= 0.6 is 0 Å². The van der Waals surface area contributed by atoms with E-state index in [1.165, 1.54) is 12.1 Å². The van der Waals surface area contributed by atoms with Crippen molar-refractivity contribution in [2.45, 2.75) is 37.7 Å². The summed E-state index contributed by atoms with van der Waals surface area (Å²) >= 11 is 0. The molecule has 1 spiro atoms. The molecule has 3 aliphatic rings. The number of rotatable bonds is 2. The van der Waals surface area contributed by atoms with Crippen molar-refractivity contribution >= 4 is 17.6 Å². The first-order chi connectivity index (χ1) is 12.5. The van der Waals surface area contributed by atoms with Gasteiger partial charge in [0.2, 0.25) is 5.91 Å². The molecular formula is C19H22F2N2O3. The van der Waals surface area contributed by atoms with Gasteiger partial charge < -0.3 is 14.5 Å². The number of carbonyl (C=O) groups is 2. The molecule has 2 saturated heterocycles. The van der Waals surface area contributed by atoms with Crippen molar-refractivity contribution in [2.75, 3.05) is 31.1 Å². The van der Waals surface area contributed by atoms with E-state index in [0.29, 0.717) is 31.9 Å². The van der Waals surface area contributed by atoms with Gasteiger partial charge in [0.15, 0.2) is 0 Å². The van der Waals surface area contributed by atoms with E-state index in [2.05, 4.69) is 0 Å². The monoisotopic (exact) mass is 364 g/mol. The van der Waals surface area contributed by atoms with Gasteiger partial charge in [-0.3, -0.25) is 9.59 Å². The first kappa shape index (κ1) is 17.2. The summed E-state index contributed by atoms with van der Waals surface area (Å²) in [7, 11) is 0. The molecule has 2 aliphatic heterocycles. The molecule has 1 saturated carbocycles. The number of amides is 1. The average molecular weight is 364 g/mol. The van der Waals surface area contributed by atoms with Crippen LogP contribution in [0.3, 0.4) is 0 Å². The van der Waals surface area contributed by atoms with Crippen molar-refractivity contribution in [1.82, 2.24) is 4.90 Å². The number of hydrogen-bond acceptors (Lipinski definition) is 4. The number of ether oxygens (including phenoxy) is 1. The van der Waals surface area contributed by atoms with Crippen LogP contribution in [0.25, 0.3) is 0 Å². The fourth-order valence-corrected chi connectivity index (χ4v) is 4.55. The quantitative estimate of drug-likeness (QED) is 0.757. The van der Waals surface area contributed by atoms with E-state index in [1.54, 1.807) is 4.90 Å². The third-order valence-electron chi connectivity index (χ3n) is 5.91. The van der Waals surface area contributed by atoms with Gasteiger partial charge in [0, 0.05) is 32.2 Å². The van der Waals surface area contributed by atoms with Crippen LogP contribution in [-0.4, -0.2) is 48.6 Å². The minimum atomic E-state index is -0.604. The van der Waals surface area contributed by atoms with E-state index < -0.39 is 23.2 Å². The van der Waals surface area contributed by atoms with Gasteiger partial charge in [-0.05, 0) is 37.8 Å². The predicted octanol–water partition coefficient (Wildman–Crippen LogP) is 2.49. The van der Waals surface area contributed by atoms with Crippen LogP contribution in [0.5, 0.6) is 0 Å². The Bertz CT molecular complexity index is 725. The zero-order valence-electron chi connectivity index (χ0n) is 14.5. The number of anilines is 1. The Hall–Kier alpha value is -2.18. The minimum Gasteiger partial charge on any atom is -0.458 e. The highest BCUT2D eigenvalue weighted by atomic mass is 19.1. The number of halogens is 2. The molecule has 0 bridgehead atoms. The third kappa shape index (κ3) is 2.93. The SMILES string of the molecule is O=C1CC(C(=O)N2CCN(c3ccc(F)cc3F)CC2)C2(CCCC2)O1. The molecule has 2 heterocycles. The van der Waals surface area contributed by atoms with Crippen LogP contribution in [0.4, 0.5) is 14.5 Å². The van der Waals surface area contributed by atoms with Gasteiger partial charge in [-0.15, -0.1) is 0 Å². The second kappa shape index (κ2) is 6.52. The van der Waals surface area contributed by atoms with E-state index in [-0.39, 0.29) is 18.3 Å². The second-order valence-corrected chi connectivity index (χ2v) is 7.41. The Balaban J connectivity index is 1.43. The van der Waals surface area contributed by atoms with Crippen molar-refractivity contribution in [1.29, 1.82) is 0 Å². The van der Waals surface area contributed by atoms with Gasteiger partial charge in [0.25, 0.3) is 0 Å². The first-order valence-corrected chi connectivity index (χ1v) is 9.19. The molecule has 1 aliphatic carbocycles. The summed E-state index contributed by atoms with van der Waals surface area (Å²) in [4.78, 5) is 28.4. The fraction of sp³-hybridized carbons (Fsp3) is 0.579. The molecule has 140 valence electrons. The smallest absolute Gasteiger partial charge is 0.307 e. The maximum absolute atomic E-state index is 14.0. The lowest BCUT2D eigenvalue weighted by atomic mass is 9.84. The molecule has 0 aromatic heterocycles. The van der Waals surface area contributed by atoms with Gasteiger partial charge >= 0.3 is 5.97 Å². The lowest BCUT2D eigenvalue weighted by Gasteiger charge is -2.39. The summed E-state index contributed by atoms with van der Waals surface area (Å²) in [6.07, 6.45) is 3.64. The van der Waals surface area contributed by atoms with Gasteiger partial charge in [-0.2, -0.15) is 0 Å². The van der Waals surface area contributed by atoms with Crippen molar-refractivity contribution < 1.29 is 23.1 Å². The number of carbonyl (C=O) groups excluding carboxylic acids is 2. The highest BCUT2D eigenvalue weighted by Gasteiger charge is 2.54. The normalized spacial score (nSPS) is 25.0. The Morgan fingerprint density at radius 3 is 2.46 bits per heavy atom. The number of nitrogens with zero attached hydrogens (tertiary/aromatic N) is 2. The number of benzene rings is 1. The molecule has 1 amide bonds. The van der Waals surface area contributed by atoms with Gasteiger partial charge in [-0.25, -0.2) is 8.78 Å². The largest absolute Gasteiger partial charge is 0.458 e. The van der Waals surface area contributed by atoms with Crippen LogP contribution in [0.2, 0.25) is 0 Å². The van der Waals surface area contributed by atoms with Crippen molar-refractivity contribution in [3.8, 4) is 0 Å². The van der Waals surface area contributed by atoms with Gasteiger partial charge in [-0.1, -0.05) is 0 Å². The summed E-state index contributed by atoms with van der Waals surface area (Å²) in [5, 5.41) is 0. The highest BCUT2D eigenvalue weighted by Crippen LogP contribution is 2.46. The molecule has 1 unspecified atom stereocenters. The molecule has 4 rings (SSSR count). The zero-order chi connectivity index (χ0) is 18.3. The van der Waals surface area contributed by atoms with Crippen LogP contribution in [0.15, 0.2) is 18.2 Å². The van der Waals surface area contributed by atoms with Gasteiger partial charge in [0.05, 0.1) is 18.0 Å². The zero-order valence-corrected chi connectivity index (χ0v) is 14.5. The molecule has 3 fully saturated rings. The van der Waals surface area contributed by atoms with E-state index in [1.807, 2.05) is 4.90 Å². The van der Waals surface area contributed by atoms with Crippen molar-refractivity contribution in [2.24, 2.45) is 5.92 Å². The molecule has 1 aromatic rings. The average Bonchev–Trinajstić information content (AvgIpc) is 3.21. The summed E-state index contributed by atoms with van der Waals surface area (Å²) < 4.78 is 32.6. The topological polar surface area (TPSA) is 49.9 Å². The van der Waals surface area contributed by atoms with Crippen LogP contribution in [0.1, 0.15) is 32.1 Å². The Kier molecular flexibility index (Phi) is 4.32. The summed E-state index contributed by atoms with van der Waals surface area (Å²) in [5.41, 5.74) is -0.251. The van der Waals surface area contributed by atoms with Gasteiger partial charge in [0.1, 0.15) is 17.2 Å². The molecule has 26 heavy (non-hydrogen) atoms. The third-order valence-corrected chi connectivity index (χ3v) is 5.91. The molecular weight excluding hydrogens is 342 g/mol. The van der Waals surface area contributed by atoms with E-state index in [4.69, 9.17) is 4.74 Å². The summed E-state index contributed by atoms with van der Waals surface area (Å²) in [5.74, 6) is -1.90. The Labute approximate surface area is 150 Å². The van der Waals surface area contributed by atoms with Crippen molar-refractivity contribution in [3.63, 3.8) is 0 Å². The standard InChI is InChI=1S/C19H22F2N2O3/c20-13-3-4-16(15(21)11-13)22-7-9-23(10-8-22)18(25)14-12-17(24)26-19(14)5-1-2-6-19/h3-4,11,14H,1-2,5-10,12H2. The van der Waals surface area contributed by atoms with E-state index >= 15 is 0 Å². The summed E-state index contributed by atoms with van der Waals surface area (Å²) in [6, 6.07) is 3.54. The predicted molar refractivity (Wildman–Crippen MR) is 90.5 cm³/mol. The molecule has 0 N–H and O–H groups in total. The molecule has 1 atom stereocenters. The summed E-state index contributed by atoms with van der Waals surface area (Å²) in [6.45, 7) is 1.86. The maximum atomic E-state index is 14.0. The lowest BCUT2D eigenvalue weighted by Crippen LogP contribution is -2.53. The number of esters is 1. The lowest BCUT2D eigenvalue weighted by molar-refractivity contribution is -0.151. The van der Waals surface area contributed by atoms with E-state index in [0.717, 1.165) is 31.7 Å². The number of hydrogen-bond donors (Lipinski definition) is 0. The fourth-order valence-electron chi connectivity index (χ4n) is 4.55. The highest BCUT2D eigenvalue weighted by molar-refractivity contribution is 5.88. The second-order valence-electron chi connectivity index (χ2n) is 7.41. The van der Waals surface area contributed by atoms with Crippen LogP contribution in [-0.2, 0) is 14.3 Å². The minimum absolute atomic E-state index is 0.0306. The molecule has 5 nitrogen and oxygen atoms in total. The number of piperazine rings is 1. The maximum Gasteiger partial charge on any atom is 0.307 e. The Morgan fingerprint density at radius 2 is 1.81 bits per heavy atom. The first-order valence-electron chi connectivity index (χ1n) is 9.19. The Morgan fingerprint density at radius 1 is 1.12 bits per heavy atom.